The number of nitriles is 2. The van der Waals surface area contributed by atoms with Gasteiger partial charge in [-0.15, -0.1) is 0 Å². The average Bonchev–Trinajstić information content (AvgIpc) is 3.80. The van der Waals surface area contributed by atoms with Gasteiger partial charge in [0.1, 0.15) is 6.07 Å². The number of aromatic nitrogens is 3. The van der Waals surface area contributed by atoms with E-state index in [-0.39, 0.29) is 0 Å². The summed E-state index contributed by atoms with van der Waals surface area (Å²) in [6, 6.07) is 56.9. The Balaban J connectivity index is 1.48. The Morgan fingerprint density at radius 2 is 0.959 bits per heavy atom. The van der Waals surface area contributed by atoms with Gasteiger partial charge < -0.3 is 13.7 Å². The van der Waals surface area contributed by atoms with Gasteiger partial charge in [0, 0.05) is 43.7 Å². The molecule has 0 fully saturated rings. The summed E-state index contributed by atoms with van der Waals surface area (Å²) in [5.74, 6) is 0. The van der Waals surface area contributed by atoms with Crippen LogP contribution in [-0.4, -0.2) is 13.7 Å². The molecule has 5 nitrogen and oxygen atoms in total. The van der Waals surface area contributed by atoms with E-state index in [9.17, 15) is 10.5 Å². The van der Waals surface area contributed by atoms with E-state index < -0.39 is 0 Å². The predicted octanol–water partition coefficient (Wildman–Crippen LogP) is 10.7. The summed E-state index contributed by atoms with van der Waals surface area (Å²) in [4.78, 5) is 0. The van der Waals surface area contributed by atoms with Gasteiger partial charge in [-0.1, -0.05) is 84.9 Å². The highest BCUT2D eigenvalue weighted by Crippen LogP contribution is 2.46. The summed E-state index contributed by atoms with van der Waals surface area (Å²) in [6.07, 6.45) is 0. The summed E-state index contributed by atoms with van der Waals surface area (Å²) in [7, 11) is 0. The lowest BCUT2D eigenvalue weighted by atomic mass is 10.1. The molecule has 0 spiro atoms. The maximum Gasteiger partial charge on any atom is 0.101 e. The smallest absolute Gasteiger partial charge is 0.101 e. The predicted molar refractivity (Wildman–Crippen MR) is 199 cm³/mol. The Labute approximate surface area is 280 Å². The maximum absolute atomic E-state index is 10.1. The van der Waals surface area contributed by atoms with Crippen LogP contribution < -0.4 is 0 Å². The molecule has 0 saturated carbocycles. The third-order valence-corrected chi connectivity index (χ3v) is 9.87. The molecule has 3 aromatic heterocycles. The highest BCUT2D eigenvalue weighted by Gasteiger charge is 2.25. The van der Waals surface area contributed by atoms with Crippen LogP contribution in [0.25, 0.3) is 82.5 Å². The lowest BCUT2D eigenvalue weighted by molar-refractivity contribution is 1.16. The number of rotatable bonds is 3. The summed E-state index contributed by atoms with van der Waals surface area (Å²) in [6.45, 7) is 0. The Kier molecular flexibility index (Phi) is 5.64. The average molecular weight is 624 g/mol. The van der Waals surface area contributed by atoms with Gasteiger partial charge in [-0.25, -0.2) is 0 Å². The molecule has 0 unspecified atom stereocenters. The Morgan fingerprint density at radius 3 is 1.63 bits per heavy atom. The maximum atomic E-state index is 10.1. The molecule has 3 heterocycles. The van der Waals surface area contributed by atoms with Crippen LogP contribution in [-0.2, 0) is 0 Å². The second kappa shape index (κ2) is 10.2. The van der Waals surface area contributed by atoms with Crippen molar-refractivity contribution in [1.82, 2.24) is 13.7 Å². The van der Waals surface area contributed by atoms with Crippen LogP contribution in [0.4, 0.5) is 0 Å². The summed E-state index contributed by atoms with van der Waals surface area (Å²) in [5, 5.41) is 26.9. The molecule has 0 saturated heterocycles. The Morgan fingerprint density at radius 1 is 0.388 bits per heavy atom. The molecule has 7 aromatic carbocycles. The second-order valence-electron chi connectivity index (χ2n) is 12.4. The minimum absolute atomic E-state index is 0.601. The van der Waals surface area contributed by atoms with Gasteiger partial charge in [0.05, 0.1) is 56.0 Å². The summed E-state index contributed by atoms with van der Waals surface area (Å²) < 4.78 is 6.93. The number of hydrogen-bond acceptors (Lipinski definition) is 2. The fourth-order valence-corrected chi connectivity index (χ4v) is 7.95. The number of nitrogens with zero attached hydrogens (tertiary/aromatic N) is 5. The molecule has 226 valence electrons. The quantitative estimate of drug-likeness (QED) is 0.197. The fraction of sp³-hybridized carbons (Fsp3) is 0. The third kappa shape index (κ3) is 3.67. The first kappa shape index (κ1) is 27.1. The van der Waals surface area contributed by atoms with E-state index in [4.69, 9.17) is 0 Å². The van der Waals surface area contributed by atoms with Crippen LogP contribution in [0.1, 0.15) is 11.1 Å². The van der Waals surface area contributed by atoms with Crippen molar-refractivity contribution in [3.8, 4) is 29.2 Å². The largest absolute Gasteiger partial charge is 0.309 e. The van der Waals surface area contributed by atoms with Crippen molar-refractivity contribution in [1.29, 1.82) is 10.5 Å². The molecule has 0 aliphatic heterocycles. The Bertz CT molecular complexity index is 3070. The Hall–Kier alpha value is -7.08. The first-order valence-corrected chi connectivity index (χ1v) is 16.2. The summed E-state index contributed by atoms with van der Waals surface area (Å²) in [5.41, 5.74) is 10.5. The molecule has 0 amide bonds. The molecule has 0 N–H and O–H groups in total. The van der Waals surface area contributed by atoms with Crippen molar-refractivity contribution in [2.24, 2.45) is 0 Å². The van der Waals surface area contributed by atoms with Gasteiger partial charge in [-0.3, -0.25) is 0 Å². The van der Waals surface area contributed by atoms with Gasteiger partial charge in [-0.2, -0.15) is 10.5 Å². The molecule has 0 bridgehead atoms. The molecule has 0 aliphatic rings. The van der Waals surface area contributed by atoms with Gasteiger partial charge in [0.2, 0.25) is 0 Å². The molecule has 0 aliphatic carbocycles. The van der Waals surface area contributed by atoms with Crippen molar-refractivity contribution < 1.29 is 0 Å². The van der Waals surface area contributed by atoms with Gasteiger partial charge in [0.25, 0.3) is 0 Å². The van der Waals surface area contributed by atoms with Crippen LogP contribution in [0, 0.1) is 22.7 Å². The number of para-hydroxylation sites is 4. The minimum atomic E-state index is 0.601. The van der Waals surface area contributed by atoms with E-state index in [1.54, 1.807) is 0 Å². The van der Waals surface area contributed by atoms with Crippen molar-refractivity contribution >= 4 is 65.4 Å². The molecule has 49 heavy (non-hydrogen) atoms. The highest BCUT2D eigenvalue weighted by atomic mass is 15.0. The zero-order chi connectivity index (χ0) is 32.6. The van der Waals surface area contributed by atoms with Crippen molar-refractivity contribution in [2.45, 2.75) is 0 Å². The van der Waals surface area contributed by atoms with E-state index in [0.717, 1.165) is 82.5 Å². The molecule has 10 aromatic rings. The standard InChI is InChI=1S/C44H25N5/c45-26-28-11-10-15-31(25-28)48-43-32(21-23-39-41(43)34-16-5-8-19-37(34)47(39)30-13-2-1-3-14-30)33-22-24-40-42(44(33)48)35-17-6-9-20-38(35)49(40)36-18-7-4-12-29(36)27-46/h1-25H. The summed E-state index contributed by atoms with van der Waals surface area (Å²) >= 11 is 0. The topological polar surface area (TPSA) is 62.4 Å². The van der Waals surface area contributed by atoms with Gasteiger partial charge in [0.15, 0.2) is 0 Å². The normalized spacial score (nSPS) is 11.6. The monoisotopic (exact) mass is 623 g/mol. The second-order valence-corrected chi connectivity index (χ2v) is 12.4. The molecule has 0 radical (unpaired) electrons. The molecule has 0 atom stereocenters. The minimum Gasteiger partial charge on any atom is -0.309 e. The van der Waals surface area contributed by atoms with Crippen molar-refractivity contribution in [2.75, 3.05) is 0 Å². The molecule has 5 heteroatoms. The third-order valence-electron chi connectivity index (χ3n) is 9.87. The van der Waals surface area contributed by atoms with Crippen LogP contribution >= 0.6 is 0 Å². The van der Waals surface area contributed by atoms with E-state index in [0.29, 0.717) is 11.1 Å². The lowest BCUT2D eigenvalue weighted by Crippen LogP contribution is -1.98. The fourth-order valence-electron chi connectivity index (χ4n) is 7.95. The lowest BCUT2D eigenvalue weighted by Gasteiger charge is -2.12. The number of hydrogen-bond donors (Lipinski definition) is 0. The number of benzene rings is 7. The van der Waals surface area contributed by atoms with Gasteiger partial charge >= 0.3 is 0 Å². The van der Waals surface area contributed by atoms with Crippen LogP contribution in [0.5, 0.6) is 0 Å². The molecular formula is C44H25N5. The van der Waals surface area contributed by atoms with Crippen molar-refractivity contribution in [3.05, 3.63) is 163 Å². The van der Waals surface area contributed by atoms with Crippen LogP contribution in [0.3, 0.4) is 0 Å². The molecule has 10 rings (SSSR count). The van der Waals surface area contributed by atoms with Crippen LogP contribution in [0.15, 0.2) is 152 Å². The van der Waals surface area contributed by atoms with Gasteiger partial charge in [-0.05, 0) is 66.7 Å². The molecular weight excluding hydrogens is 599 g/mol. The number of fused-ring (bicyclic) bond motifs is 11. The zero-order valence-corrected chi connectivity index (χ0v) is 26.2. The van der Waals surface area contributed by atoms with Crippen molar-refractivity contribution in [3.63, 3.8) is 0 Å². The zero-order valence-electron chi connectivity index (χ0n) is 26.2. The van der Waals surface area contributed by atoms with E-state index in [2.05, 4.69) is 129 Å². The van der Waals surface area contributed by atoms with E-state index >= 15 is 0 Å². The highest BCUT2D eigenvalue weighted by molar-refractivity contribution is 6.31. The van der Waals surface area contributed by atoms with E-state index in [1.165, 1.54) is 0 Å². The first-order chi connectivity index (χ1) is 24.3. The van der Waals surface area contributed by atoms with E-state index in [1.807, 2.05) is 48.5 Å². The SMILES string of the molecule is N#Cc1cccc(-n2c3c(ccc4c3c3ccccc3n4-c3ccccc3)c3ccc4c(c5ccccc5n4-c4ccccc4C#N)c32)c1. The van der Waals surface area contributed by atoms with Crippen LogP contribution in [0.2, 0.25) is 0 Å². The first-order valence-electron chi connectivity index (χ1n) is 16.2.